The lowest BCUT2D eigenvalue weighted by molar-refractivity contribution is 0.102. The van der Waals surface area contributed by atoms with Gasteiger partial charge in [-0.15, -0.1) is 5.10 Å². The molecule has 2 N–H and O–H groups in total. The molecule has 0 amide bonds. The molecule has 0 fully saturated rings. The maximum absolute atomic E-state index is 12.3. The van der Waals surface area contributed by atoms with Crippen LogP contribution in [-0.2, 0) is 6.42 Å². The first-order chi connectivity index (χ1) is 13.1. The average Bonchev–Trinajstić information content (AvgIpc) is 3.13. The van der Waals surface area contributed by atoms with E-state index < -0.39 is 0 Å². The van der Waals surface area contributed by atoms with Gasteiger partial charge in [-0.05, 0) is 53.1 Å². The second kappa shape index (κ2) is 8.68. The van der Waals surface area contributed by atoms with Crippen molar-refractivity contribution >= 4 is 17.5 Å². The van der Waals surface area contributed by atoms with Gasteiger partial charge in [-0.3, -0.25) is 4.79 Å². The van der Waals surface area contributed by atoms with E-state index >= 15 is 0 Å². The minimum atomic E-state index is -0.276. The van der Waals surface area contributed by atoms with Gasteiger partial charge in [0.25, 0.3) is 0 Å². The number of hydrogen-bond donors (Lipinski definition) is 2. The number of phenolic OH excluding ortho intramolecular Hbond substituents is 2. The number of phenols is 2. The Bertz CT molecular complexity index is 925. The van der Waals surface area contributed by atoms with Crippen LogP contribution in [0.4, 0.5) is 0 Å². The highest BCUT2D eigenvalue weighted by atomic mass is 32.2. The van der Waals surface area contributed by atoms with Crippen molar-refractivity contribution in [3.8, 4) is 17.2 Å². The summed E-state index contributed by atoms with van der Waals surface area (Å²) in [5.74, 6) is -0.555. The second-order valence-electron chi connectivity index (χ2n) is 6.06. The number of ketones is 1. The highest BCUT2D eigenvalue weighted by Crippen LogP contribution is 2.26. The Morgan fingerprint density at radius 3 is 2.63 bits per heavy atom. The minimum Gasteiger partial charge on any atom is -0.508 e. The zero-order chi connectivity index (χ0) is 19.2. The largest absolute Gasteiger partial charge is 0.508 e. The van der Waals surface area contributed by atoms with Crippen molar-refractivity contribution in [2.75, 3.05) is 5.75 Å². The molecule has 0 spiro atoms. The van der Waals surface area contributed by atoms with E-state index in [1.54, 1.807) is 4.68 Å². The molecule has 0 radical (unpaired) electrons. The van der Waals surface area contributed by atoms with Crippen molar-refractivity contribution in [1.82, 2.24) is 20.2 Å². The Balaban J connectivity index is 1.69. The van der Waals surface area contributed by atoms with Crippen molar-refractivity contribution in [3.63, 3.8) is 0 Å². The number of benzene rings is 2. The lowest BCUT2D eigenvalue weighted by Gasteiger charge is -2.06. The fourth-order valence-electron chi connectivity index (χ4n) is 2.58. The van der Waals surface area contributed by atoms with E-state index in [2.05, 4.69) is 34.6 Å². The molecule has 0 unspecified atom stereocenters. The number of rotatable bonds is 8. The quantitative estimate of drug-likeness (QED) is 0.453. The number of thioether (sulfide) groups is 1. The number of Topliss-reactive ketones (excluding diaryl/α,β-unsaturated/α-hetero) is 1. The Morgan fingerprint density at radius 1 is 1.15 bits per heavy atom. The minimum absolute atomic E-state index is 0.0628. The first-order valence-corrected chi connectivity index (χ1v) is 9.62. The number of unbranched alkanes of at least 4 members (excludes halogenated alkanes) is 1. The van der Waals surface area contributed by atoms with E-state index in [1.165, 1.54) is 29.5 Å². The molecule has 3 rings (SSSR count). The lowest BCUT2D eigenvalue weighted by atomic mass is 10.1. The molecule has 140 valence electrons. The van der Waals surface area contributed by atoms with Crippen molar-refractivity contribution < 1.29 is 15.0 Å². The van der Waals surface area contributed by atoms with Crippen molar-refractivity contribution in [2.24, 2.45) is 0 Å². The number of tetrazole rings is 1. The number of nitrogens with zero attached hydrogens (tertiary/aromatic N) is 4. The summed E-state index contributed by atoms with van der Waals surface area (Å²) in [4.78, 5) is 12.3. The summed E-state index contributed by atoms with van der Waals surface area (Å²) in [6.45, 7) is 2.16. The van der Waals surface area contributed by atoms with Gasteiger partial charge >= 0.3 is 0 Å². The van der Waals surface area contributed by atoms with Crippen LogP contribution in [0.15, 0.2) is 47.6 Å². The molecule has 1 heterocycles. The molecule has 0 aliphatic carbocycles. The molecule has 7 nitrogen and oxygen atoms in total. The first kappa shape index (κ1) is 18.9. The molecule has 3 aromatic rings. The fraction of sp³-hybridized carbons (Fsp3) is 0.263. The van der Waals surface area contributed by atoms with Crippen LogP contribution < -0.4 is 0 Å². The summed E-state index contributed by atoms with van der Waals surface area (Å²) in [5, 5.41) is 31.3. The van der Waals surface area contributed by atoms with Gasteiger partial charge in [-0.1, -0.05) is 37.2 Å². The molecule has 0 saturated heterocycles. The maximum atomic E-state index is 12.3. The summed E-state index contributed by atoms with van der Waals surface area (Å²) in [7, 11) is 0. The molecule has 1 aromatic heterocycles. The van der Waals surface area contributed by atoms with Gasteiger partial charge in [0.2, 0.25) is 5.16 Å². The third-order valence-corrected chi connectivity index (χ3v) is 4.97. The summed E-state index contributed by atoms with van der Waals surface area (Å²) in [6, 6.07) is 11.9. The smallest absolute Gasteiger partial charge is 0.214 e. The highest BCUT2D eigenvalue weighted by molar-refractivity contribution is 7.99. The molecule has 0 saturated carbocycles. The highest BCUT2D eigenvalue weighted by Gasteiger charge is 2.15. The van der Waals surface area contributed by atoms with Crippen LogP contribution in [0.5, 0.6) is 11.5 Å². The summed E-state index contributed by atoms with van der Waals surface area (Å²) >= 11 is 1.19. The van der Waals surface area contributed by atoms with E-state index in [9.17, 15) is 15.0 Å². The van der Waals surface area contributed by atoms with Crippen LogP contribution in [0.25, 0.3) is 5.69 Å². The molecule has 27 heavy (non-hydrogen) atoms. The summed E-state index contributed by atoms with van der Waals surface area (Å²) in [5.41, 5.74) is 2.24. The monoisotopic (exact) mass is 384 g/mol. The maximum Gasteiger partial charge on any atom is 0.214 e. The van der Waals surface area contributed by atoms with Gasteiger partial charge in [0, 0.05) is 6.07 Å². The molecule has 0 aliphatic rings. The Morgan fingerprint density at radius 2 is 1.93 bits per heavy atom. The van der Waals surface area contributed by atoms with Crippen LogP contribution >= 0.6 is 11.8 Å². The predicted octanol–water partition coefficient (Wildman–Crippen LogP) is 3.39. The van der Waals surface area contributed by atoms with Crippen LogP contribution in [0.3, 0.4) is 0 Å². The number of hydrogen-bond acceptors (Lipinski definition) is 7. The van der Waals surface area contributed by atoms with Gasteiger partial charge in [0.1, 0.15) is 11.5 Å². The van der Waals surface area contributed by atoms with Crippen LogP contribution in [-0.4, -0.2) is 42.0 Å². The third kappa shape index (κ3) is 4.65. The fourth-order valence-corrected chi connectivity index (χ4v) is 3.35. The third-order valence-electron chi connectivity index (χ3n) is 4.05. The lowest BCUT2D eigenvalue weighted by Crippen LogP contribution is -2.05. The number of aromatic nitrogens is 4. The van der Waals surface area contributed by atoms with Crippen LogP contribution in [0, 0.1) is 0 Å². The first-order valence-electron chi connectivity index (χ1n) is 8.64. The van der Waals surface area contributed by atoms with Crippen molar-refractivity contribution in [2.45, 2.75) is 31.3 Å². The number of carbonyl (C=O) groups excluding carboxylic acids is 1. The Kier molecular flexibility index (Phi) is 6.08. The van der Waals surface area contributed by atoms with Gasteiger partial charge in [0.15, 0.2) is 5.78 Å². The van der Waals surface area contributed by atoms with E-state index in [0.29, 0.717) is 5.16 Å². The SMILES string of the molecule is CCCCc1ccc(-n2nnnc2SCC(=O)c2ccc(O)cc2O)cc1. The number of aromatic hydroxyl groups is 2. The van der Waals surface area contributed by atoms with E-state index in [1.807, 2.05) is 12.1 Å². The topological polar surface area (TPSA) is 101 Å². The van der Waals surface area contributed by atoms with Crippen LogP contribution in [0.1, 0.15) is 35.7 Å². The van der Waals surface area contributed by atoms with Gasteiger partial charge in [-0.2, -0.15) is 4.68 Å². The van der Waals surface area contributed by atoms with Gasteiger partial charge in [-0.25, -0.2) is 0 Å². The van der Waals surface area contributed by atoms with E-state index in [-0.39, 0.29) is 28.6 Å². The molecule has 0 bridgehead atoms. The second-order valence-corrected chi connectivity index (χ2v) is 7.00. The van der Waals surface area contributed by atoms with Crippen molar-refractivity contribution in [3.05, 3.63) is 53.6 Å². The molecule has 8 heteroatoms. The Hall–Kier alpha value is -2.87. The van der Waals surface area contributed by atoms with Gasteiger partial charge < -0.3 is 10.2 Å². The van der Waals surface area contributed by atoms with Gasteiger partial charge in [0.05, 0.1) is 17.0 Å². The predicted molar refractivity (Wildman–Crippen MR) is 103 cm³/mol. The summed E-state index contributed by atoms with van der Waals surface area (Å²) < 4.78 is 1.58. The number of aryl methyl sites for hydroxylation is 1. The van der Waals surface area contributed by atoms with Crippen molar-refractivity contribution in [1.29, 1.82) is 0 Å². The van der Waals surface area contributed by atoms with E-state index in [4.69, 9.17) is 0 Å². The van der Waals surface area contributed by atoms with E-state index in [0.717, 1.165) is 31.0 Å². The molecule has 0 aliphatic heterocycles. The zero-order valence-electron chi connectivity index (χ0n) is 14.9. The summed E-state index contributed by atoms with van der Waals surface area (Å²) in [6.07, 6.45) is 3.34. The number of carbonyl (C=O) groups is 1. The standard InChI is InChI=1S/C19H20N4O3S/c1-2-3-4-13-5-7-14(8-6-13)23-19(20-21-22-23)27-12-18(26)16-10-9-15(24)11-17(16)25/h5-11,24-25H,2-4,12H2,1H3. The molecular weight excluding hydrogens is 364 g/mol. The normalized spacial score (nSPS) is 10.9. The Labute approximate surface area is 161 Å². The average molecular weight is 384 g/mol. The zero-order valence-corrected chi connectivity index (χ0v) is 15.7. The van der Waals surface area contributed by atoms with Crippen LogP contribution in [0.2, 0.25) is 0 Å². The molecular formula is C19H20N4O3S. The molecule has 0 atom stereocenters. The molecule has 2 aromatic carbocycles.